The Balaban J connectivity index is 1.98. The zero-order valence-corrected chi connectivity index (χ0v) is 16.3. The minimum atomic E-state index is -2.68. The number of carbonyl (C=O) groups is 3. The van der Waals surface area contributed by atoms with Gasteiger partial charge in [0.25, 0.3) is 0 Å². The Morgan fingerprint density at radius 2 is 1.87 bits per heavy atom. The molecule has 0 aliphatic heterocycles. The number of likely N-dealkylation sites (N-methyl/N-ethyl adjacent to an activating group) is 1. The fourth-order valence-corrected chi connectivity index (χ4v) is 5.15. The second-order valence-electron chi connectivity index (χ2n) is 8.21. The van der Waals surface area contributed by atoms with Gasteiger partial charge in [0.05, 0.1) is 11.6 Å². The van der Waals surface area contributed by atoms with Gasteiger partial charge in [-0.3, -0.25) is 19.3 Å². The molecule has 1 aromatic rings. The third-order valence-corrected chi connectivity index (χ3v) is 6.43. The molecule has 0 heterocycles. The summed E-state index contributed by atoms with van der Waals surface area (Å²) < 4.78 is 0. The van der Waals surface area contributed by atoms with Crippen LogP contribution in [-0.4, -0.2) is 68.5 Å². The summed E-state index contributed by atoms with van der Waals surface area (Å²) in [7, 11) is 3.04. The Labute approximate surface area is 171 Å². The first-order valence-electron chi connectivity index (χ1n) is 9.40. The van der Waals surface area contributed by atoms with Gasteiger partial charge in [0.1, 0.15) is 22.8 Å². The lowest BCUT2D eigenvalue weighted by atomic mass is 9.57. The molecule has 4 rings (SSSR count). The Hall–Kier alpha value is -3.17. The molecule has 1 fully saturated rings. The SMILES string of the molecule is CN(C)[C@@H]1C(=O)C(C([N])=O)=C(O)[C@@]2(O)C(=O)C3=C(O)c4c(O)cccc4CC3CC12. The molecule has 1 saturated carbocycles. The van der Waals surface area contributed by atoms with Crippen LogP contribution in [0.5, 0.6) is 5.75 Å². The first-order valence-corrected chi connectivity index (χ1v) is 9.40. The van der Waals surface area contributed by atoms with Crippen molar-refractivity contribution in [2.75, 3.05) is 14.1 Å². The summed E-state index contributed by atoms with van der Waals surface area (Å²) in [4.78, 5) is 39.3. The van der Waals surface area contributed by atoms with Crippen molar-refractivity contribution in [2.24, 2.45) is 11.8 Å². The van der Waals surface area contributed by atoms with E-state index >= 15 is 0 Å². The summed E-state index contributed by atoms with van der Waals surface area (Å²) in [6.45, 7) is 0. The molecule has 4 N–H and O–H groups in total. The molecule has 0 saturated heterocycles. The molecule has 3 aliphatic rings. The van der Waals surface area contributed by atoms with Crippen LogP contribution >= 0.6 is 0 Å². The summed E-state index contributed by atoms with van der Waals surface area (Å²) in [6, 6.07) is 3.49. The van der Waals surface area contributed by atoms with E-state index in [4.69, 9.17) is 0 Å². The molecule has 1 aromatic carbocycles. The number of fused-ring (bicyclic) bond motifs is 3. The van der Waals surface area contributed by atoms with Gasteiger partial charge in [-0.1, -0.05) is 12.1 Å². The zero-order valence-electron chi connectivity index (χ0n) is 16.3. The molecular formula is C21H20N2O7. The number of hydrogen-bond acceptors (Lipinski definition) is 8. The molecule has 0 bridgehead atoms. The summed E-state index contributed by atoms with van der Waals surface area (Å²) in [5, 5.41) is 42.9. The fraction of sp³-hybridized carbons (Fsp3) is 0.381. The number of aliphatic hydroxyl groups is 3. The number of phenolic OH excluding ortho intramolecular Hbond substituents is 1. The van der Waals surface area contributed by atoms with E-state index in [1.807, 2.05) is 0 Å². The van der Waals surface area contributed by atoms with E-state index in [1.165, 1.54) is 25.1 Å². The molecule has 3 aliphatic carbocycles. The molecule has 9 nitrogen and oxygen atoms in total. The average Bonchev–Trinajstić information content (AvgIpc) is 2.64. The van der Waals surface area contributed by atoms with Crippen molar-refractivity contribution < 1.29 is 34.8 Å². The van der Waals surface area contributed by atoms with Crippen molar-refractivity contribution in [1.82, 2.24) is 10.6 Å². The average molecular weight is 412 g/mol. The number of ketones is 2. The van der Waals surface area contributed by atoms with Gasteiger partial charge in [0, 0.05) is 11.5 Å². The van der Waals surface area contributed by atoms with Crippen LogP contribution in [0.2, 0.25) is 0 Å². The molecule has 1 amide bonds. The molecule has 30 heavy (non-hydrogen) atoms. The zero-order chi connectivity index (χ0) is 22.1. The highest BCUT2D eigenvalue weighted by atomic mass is 16.3. The van der Waals surface area contributed by atoms with Crippen LogP contribution in [0.25, 0.3) is 5.76 Å². The highest BCUT2D eigenvalue weighted by molar-refractivity contribution is 6.24. The summed E-state index contributed by atoms with van der Waals surface area (Å²) >= 11 is 0. The first kappa shape index (κ1) is 20.1. The van der Waals surface area contributed by atoms with Crippen molar-refractivity contribution >= 4 is 23.2 Å². The Kier molecular flexibility index (Phi) is 4.30. The number of phenols is 1. The van der Waals surface area contributed by atoms with Crippen molar-refractivity contribution in [2.45, 2.75) is 24.5 Å². The summed E-state index contributed by atoms with van der Waals surface area (Å²) in [5.74, 6) is -7.37. The Morgan fingerprint density at radius 3 is 2.47 bits per heavy atom. The van der Waals surface area contributed by atoms with Gasteiger partial charge in [-0.15, -0.1) is 5.73 Å². The number of amides is 1. The highest BCUT2D eigenvalue weighted by Crippen LogP contribution is 2.52. The summed E-state index contributed by atoms with van der Waals surface area (Å²) in [5.41, 5.74) is 6.20. The van der Waals surface area contributed by atoms with Gasteiger partial charge in [-0.05, 0) is 44.5 Å². The Morgan fingerprint density at radius 1 is 1.20 bits per heavy atom. The van der Waals surface area contributed by atoms with E-state index in [0.717, 1.165) is 0 Å². The standard InChI is InChI=1S/C21H20N2O7/c1-23(2)15-10-7-9-6-8-4-3-5-11(24)12(8)16(25)13(9)18(27)21(10,30)19(28)14(17(15)26)20(22)29/h3-5,9-10,15,24-25,28,30H,6-7H2,1-2H3/t9?,10?,15-,21-/m0/s1. The van der Waals surface area contributed by atoms with Crippen LogP contribution in [0.4, 0.5) is 0 Å². The predicted octanol–water partition coefficient (Wildman–Crippen LogP) is 0.0740. The molecule has 4 atom stereocenters. The smallest absolute Gasteiger partial charge is 0.302 e. The molecule has 0 aromatic heterocycles. The van der Waals surface area contributed by atoms with Crippen molar-refractivity contribution in [3.63, 3.8) is 0 Å². The van der Waals surface area contributed by atoms with E-state index in [0.29, 0.717) is 5.56 Å². The maximum absolute atomic E-state index is 13.4. The third-order valence-electron chi connectivity index (χ3n) is 6.43. The van der Waals surface area contributed by atoms with Crippen LogP contribution in [0.1, 0.15) is 17.5 Å². The van der Waals surface area contributed by atoms with Crippen molar-refractivity contribution in [3.8, 4) is 5.75 Å². The van der Waals surface area contributed by atoms with E-state index < -0.39 is 58.0 Å². The quantitative estimate of drug-likeness (QED) is 0.497. The molecular weight excluding hydrogens is 392 g/mol. The first-order chi connectivity index (χ1) is 14.0. The summed E-state index contributed by atoms with van der Waals surface area (Å²) in [6.07, 6.45) is 0.314. The number of aliphatic hydroxyl groups excluding tert-OH is 2. The van der Waals surface area contributed by atoms with Gasteiger partial charge < -0.3 is 20.4 Å². The Bertz CT molecular complexity index is 1070. The number of hydrogen-bond donors (Lipinski definition) is 4. The lowest BCUT2D eigenvalue weighted by Crippen LogP contribution is -2.65. The predicted molar refractivity (Wildman–Crippen MR) is 102 cm³/mol. The second-order valence-corrected chi connectivity index (χ2v) is 8.21. The van der Waals surface area contributed by atoms with E-state index in [9.17, 15) is 40.5 Å². The number of nitrogens with zero attached hydrogens (tertiary/aromatic N) is 2. The highest BCUT2D eigenvalue weighted by Gasteiger charge is 2.64. The fourth-order valence-electron chi connectivity index (χ4n) is 5.15. The van der Waals surface area contributed by atoms with Gasteiger partial charge in [-0.25, -0.2) is 0 Å². The van der Waals surface area contributed by atoms with Crippen LogP contribution in [0, 0.1) is 11.8 Å². The largest absolute Gasteiger partial charge is 0.508 e. The maximum atomic E-state index is 13.4. The van der Waals surface area contributed by atoms with E-state index in [1.54, 1.807) is 12.1 Å². The monoisotopic (exact) mass is 412 g/mol. The molecule has 0 spiro atoms. The van der Waals surface area contributed by atoms with Gasteiger partial charge in [0.2, 0.25) is 5.78 Å². The topological polar surface area (TPSA) is 158 Å². The molecule has 9 heteroatoms. The normalized spacial score (nSPS) is 30.9. The lowest BCUT2D eigenvalue weighted by molar-refractivity contribution is -0.153. The minimum Gasteiger partial charge on any atom is -0.508 e. The van der Waals surface area contributed by atoms with Crippen LogP contribution in [0.3, 0.4) is 0 Å². The lowest BCUT2D eigenvalue weighted by Gasteiger charge is -2.50. The van der Waals surface area contributed by atoms with E-state index in [-0.39, 0.29) is 29.7 Å². The number of Topliss-reactive ketones (excluding diaryl/α,β-unsaturated/α-hetero) is 2. The maximum Gasteiger partial charge on any atom is 0.302 e. The number of rotatable bonds is 2. The van der Waals surface area contributed by atoms with Gasteiger partial charge in [-0.2, -0.15) is 0 Å². The number of benzene rings is 1. The van der Waals surface area contributed by atoms with Gasteiger partial charge >= 0.3 is 5.91 Å². The molecule has 2 radical (unpaired) electrons. The van der Waals surface area contributed by atoms with Crippen LogP contribution in [-0.2, 0) is 20.8 Å². The third kappa shape index (κ3) is 2.39. The van der Waals surface area contributed by atoms with E-state index in [2.05, 4.69) is 0 Å². The van der Waals surface area contributed by atoms with Crippen molar-refractivity contribution in [3.05, 3.63) is 46.2 Å². The van der Waals surface area contributed by atoms with Crippen LogP contribution in [0.15, 0.2) is 35.1 Å². The van der Waals surface area contributed by atoms with Gasteiger partial charge in [0.15, 0.2) is 11.4 Å². The number of carbonyl (C=O) groups excluding carboxylic acids is 3. The minimum absolute atomic E-state index is 0.0439. The second kappa shape index (κ2) is 6.41. The van der Waals surface area contributed by atoms with Crippen molar-refractivity contribution in [1.29, 1.82) is 0 Å². The van der Waals surface area contributed by atoms with Crippen LogP contribution < -0.4 is 5.73 Å². The molecule has 2 unspecified atom stereocenters. The molecule has 156 valence electrons. The number of aromatic hydroxyl groups is 1.